The van der Waals surface area contributed by atoms with Crippen LogP contribution in [-0.4, -0.2) is 143 Å². The summed E-state index contributed by atoms with van der Waals surface area (Å²) in [7, 11) is 0. The van der Waals surface area contributed by atoms with Crippen molar-refractivity contribution in [1.29, 1.82) is 0 Å². The molecule has 0 amide bonds. The number of allylic oxidation sites excluding steroid dienone is 4. The number of rotatable bonds is 60. The summed E-state index contributed by atoms with van der Waals surface area (Å²) in [6.45, 7) is 14.7. The predicted molar refractivity (Wildman–Crippen MR) is 273 cm³/mol. The van der Waals surface area contributed by atoms with Crippen molar-refractivity contribution in [1.82, 2.24) is 0 Å². The first-order valence-corrected chi connectivity index (χ1v) is 27.6. The fourth-order valence-electron chi connectivity index (χ4n) is 7.23. The van der Waals surface area contributed by atoms with Gasteiger partial charge in [-0.1, -0.05) is 154 Å². The van der Waals surface area contributed by atoms with Crippen LogP contribution >= 0.6 is 0 Å². The first-order chi connectivity index (χ1) is 32.8. The van der Waals surface area contributed by atoms with E-state index in [4.69, 9.17) is 52.5 Å². The lowest BCUT2D eigenvalue weighted by Crippen LogP contribution is -2.27. The van der Waals surface area contributed by atoms with Gasteiger partial charge in [0, 0.05) is 13.2 Å². The maximum absolute atomic E-state index is 8.65. The Labute approximate surface area is 407 Å². The Morgan fingerprint density at radius 1 is 0.273 bits per heavy atom. The normalized spacial score (nSPS) is 12.5. The molecule has 0 aromatic carbocycles. The van der Waals surface area contributed by atoms with Gasteiger partial charge in [0.05, 0.1) is 119 Å². The predicted octanol–water partition coefficient (Wildman–Crippen LogP) is 12.6. The highest BCUT2D eigenvalue weighted by molar-refractivity contribution is 4.82. The molecule has 0 rings (SSSR count). The summed E-state index contributed by atoms with van der Waals surface area (Å²) in [5.74, 6) is 0. The van der Waals surface area contributed by atoms with Crippen LogP contribution < -0.4 is 0 Å². The molecule has 0 heterocycles. The van der Waals surface area contributed by atoms with Crippen molar-refractivity contribution in [2.75, 3.05) is 132 Å². The van der Waals surface area contributed by atoms with Crippen LogP contribution in [0.2, 0.25) is 0 Å². The van der Waals surface area contributed by atoms with Gasteiger partial charge < -0.3 is 52.5 Å². The summed E-state index contributed by atoms with van der Waals surface area (Å²) in [5, 5.41) is 8.65. The van der Waals surface area contributed by atoms with Crippen molar-refractivity contribution in [2.24, 2.45) is 0 Å². The highest BCUT2D eigenvalue weighted by atomic mass is 16.6. The smallest absolute Gasteiger partial charge is 0.104 e. The highest BCUT2D eigenvalue weighted by Gasteiger charge is 2.10. The van der Waals surface area contributed by atoms with Crippen LogP contribution in [0.4, 0.5) is 0 Å². The molecule has 1 N–H and O–H groups in total. The summed E-state index contributed by atoms with van der Waals surface area (Å²) in [6.07, 6.45) is 46.2. The number of aliphatic hydroxyl groups is 1. The maximum atomic E-state index is 8.65. The lowest BCUT2D eigenvalue weighted by atomic mass is 10.1. The molecule has 0 saturated carbocycles. The zero-order chi connectivity index (χ0) is 47.4. The standard InChI is InChI=1S/C55H108O11/c1-3-5-7-9-11-13-15-17-19-21-23-25-27-29-31-33-36-64-53-55(66-37-34-32-30-28-26-24-22-20-18-16-14-12-10-8-6-4-2)54-65-52-51-63-50-49-62-48-47-61-46-45-60-44-43-59-42-41-58-40-39-57-38-35-56/h17-20,55-56H,3-16,21-54H2,1-2H3/b19-17-,20-18-. The number of ether oxygens (including phenoxy) is 10. The second-order valence-electron chi connectivity index (χ2n) is 17.5. The van der Waals surface area contributed by atoms with E-state index in [1.807, 2.05) is 0 Å². The molecule has 0 saturated heterocycles. The van der Waals surface area contributed by atoms with Crippen LogP contribution in [0.1, 0.15) is 194 Å². The number of hydrogen-bond acceptors (Lipinski definition) is 11. The van der Waals surface area contributed by atoms with Crippen LogP contribution in [-0.2, 0) is 47.4 Å². The number of hydrogen-bond donors (Lipinski definition) is 1. The monoisotopic (exact) mass is 945 g/mol. The fraction of sp³-hybridized carbons (Fsp3) is 0.927. The summed E-state index contributed by atoms with van der Waals surface area (Å²) >= 11 is 0. The van der Waals surface area contributed by atoms with E-state index in [0.29, 0.717) is 112 Å². The van der Waals surface area contributed by atoms with Crippen molar-refractivity contribution in [3.63, 3.8) is 0 Å². The van der Waals surface area contributed by atoms with E-state index >= 15 is 0 Å². The topological polar surface area (TPSA) is 113 Å². The van der Waals surface area contributed by atoms with Crippen LogP contribution in [0.3, 0.4) is 0 Å². The van der Waals surface area contributed by atoms with Crippen LogP contribution in [0.5, 0.6) is 0 Å². The molecular weight excluding hydrogens is 837 g/mol. The van der Waals surface area contributed by atoms with Gasteiger partial charge in [-0.05, 0) is 64.2 Å². The van der Waals surface area contributed by atoms with Crippen molar-refractivity contribution in [2.45, 2.75) is 200 Å². The minimum Gasteiger partial charge on any atom is -0.394 e. The molecule has 0 radical (unpaired) electrons. The van der Waals surface area contributed by atoms with Gasteiger partial charge in [0.25, 0.3) is 0 Å². The lowest BCUT2D eigenvalue weighted by Gasteiger charge is -2.18. The Hall–Kier alpha value is -0.960. The Balaban J connectivity index is 3.98. The van der Waals surface area contributed by atoms with Crippen LogP contribution in [0.25, 0.3) is 0 Å². The molecule has 0 bridgehead atoms. The minimum absolute atomic E-state index is 0.0286. The van der Waals surface area contributed by atoms with E-state index in [9.17, 15) is 0 Å². The van der Waals surface area contributed by atoms with Crippen molar-refractivity contribution in [3.8, 4) is 0 Å². The summed E-state index contributed by atoms with van der Waals surface area (Å²) in [6, 6.07) is 0. The number of aliphatic hydroxyl groups excluding tert-OH is 1. The average Bonchev–Trinajstić information content (AvgIpc) is 3.33. The second-order valence-corrected chi connectivity index (χ2v) is 17.5. The summed E-state index contributed by atoms with van der Waals surface area (Å²) < 4.78 is 56.8. The quantitative estimate of drug-likeness (QED) is 0.0464. The Kier molecular flexibility index (Phi) is 61.2. The molecule has 0 aliphatic carbocycles. The number of unbranched alkanes of at least 4 members (excludes halogenated alkanes) is 24. The van der Waals surface area contributed by atoms with E-state index < -0.39 is 0 Å². The first-order valence-electron chi connectivity index (χ1n) is 27.6. The molecule has 1 unspecified atom stereocenters. The van der Waals surface area contributed by atoms with Gasteiger partial charge in [0.15, 0.2) is 0 Å². The molecule has 0 aromatic rings. The minimum atomic E-state index is -0.0514. The van der Waals surface area contributed by atoms with E-state index in [-0.39, 0.29) is 12.7 Å². The summed E-state index contributed by atoms with van der Waals surface area (Å²) in [5.41, 5.74) is 0. The molecule has 11 nitrogen and oxygen atoms in total. The largest absolute Gasteiger partial charge is 0.394 e. The van der Waals surface area contributed by atoms with Crippen LogP contribution in [0, 0.1) is 0 Å². The fourth-order valence-corrected chi connectivity index (χ4v) is 7.23. The molecule has 0 aliphatic rings. The highest BCUT2D eigenvalue weighted by Crippen LogP contribution is 2.12. The van der Waals surface area contributed by atoms with E-state index in [1.165, 1.54) is 167 Å². The SMILES string of the molecule is CCCCCCCC/C=C\CCCCCCCCOCC(COCCOCCOCCOCCOCCOCCOCCOCCO)OCCCCCCCC/C=C\CCCCCCCC. The van der Waals surface area contributed by atoms with Crippen molar-refractivity contribution >= 4 is 0 Å². The second kappa shape index (κ2) is 62.1. The van der Waals surface area contributed by atoms with Crippen LogP contribution in [0.15, 0.2) is 24.3 Å². The Bertz CT molecular complexity index is 908. The van der Waals surface area contributed by atoms with Gasteiger partial charge in [0.2, 0.25) is 0 Å². The van der Waals surface area contributed by atoms with E-state index in [2.05, 4.69) is 38.2 Å². The third-order valence-electron chi connectivity index (χ3n) is 11.3. The van der Waals surface area contributed by atoms with Gasteiger partial charge >= 0.3 is 0 Å². The molecule has 0 aromatic heterocycles. The molecule has 0 spiro atoms. The van der Waals surface area contributed by atoms with Gasteiger partial charge in [-0.15, -0.1) is 0 Å². The van der Waals surface area contributed by atoms with E-state index in [0.717, 1.165) is 26.1 Å². The van der Waals surface area contributed by atoms with Crippen molar-refractivity contribution < 1.29 is 52.5 Å². The molecule has 11 heteroatoms. The third-order valence-corrected chi connectivity index (χ3v) is 11.3. The van der Waals surface area contributed by atoms with Gasteiger partial charge in [-0.3, -0.25) is 0 Å². The molecule has 394 valence electrons. The summed E-state index contributed by atoms with van der Waals surface area (Å²) in [4.78, 5) is 0. The molecule has 1 atom stereocenters. The first kappa shape index (κ1) is 65.0. The zero-order valence-corrected chi connectivity index (χ0v) is 43.4. The zero-order valence-electron chi connectivity index (χ0n) is 43.4. The Morgan fingerprint density at radius 3 is 0.864 bits per heavy atom. The van der Waals surface area contributed by atoms with Gasteiger partial charge in [0.1, 0.15) is 6.10 Å². The van der Waals surface area contributed by atoms with Crippen molar-refractivity contribution in [3.05, 3.63) is 24.3 Å². The third kappa shape index (κ3) is 59.2. The molecule has 0 fully saturated rings. The van der Waals surface area contributed by atoms with Gasteiger partial charge in [-0.25, -0.2) is 0 Å². The molecule has 66 heavy (non-hydrogen) atoms. The van der Waals surface area contributed by atoms with E-state index in [1.54, 1.807) is 0 Å². The lowest BCUT2D eigenvalue weighted by molar-refractivity contribution is -0.0702. The molecule has 0 aliphatic heterocycles. The van der Waals surface area contributed by atoms with Gasteiger partial charge in [-0.2, -0.15) is 0 Å². The molecular formula is C55H108O11. The Morgan fingerprint density at radius 2 is 0.530 bits per heavy atom. The average molecular weight is 945 g/mol. The maximum Gasteiger partial charge on any atom is 0.104 e.